The van der Waals surface area contributed by atoms with Crippen molar-refractivity contribution in [1.29, 1.82) is 0 Å². The summed E-state index contributed by atoms with van der Waals surface area (Å²) in [7, 11) is 0. The molecule has 0 unspecified atom stereocenters. The van der Waals surface area contributed by atoms with E-state index in [1.165, 1.54) is 50.9 Å². The van der Waals surface area contributed by atoms with E-state index in [-0.39, 0.29) is 0 Å². The Labute approximate surface area is 101 Å². The van der Waals surface area contributed by atoms with Crippen molar-refractivity contribution in [2.24, 2.45) is 5.41 Å². The molecular formula is C13H29NS. The molecule has 0 atom stereocenters. The molecule has 0 aromatic rings. The van der Waals surface area contributed by atoms with Gasteiger partial charge in [-0.2, -0.15) is 11.8 Å². The lowest BCUT2D eigenvalue weighted by atomic mass is 9.92. The van der Waals surface area contributed by atoms with Crippen LogP contribution in [0.15, 0.2) is 0 Å². The molecule has 0 aliphatic carbocycles. The van der Waals surface area contributed by atoms with E-state index in [1.807, 2.05) is 11.8 Å². The summed E-state index contributed by atoms with van der Waals surface area (Å²) in [6.07, 6.45) is 9.00. The molecule has 0 aromatic carbocycles. The number of rotatable bonds is 9. The van der Waals surface area contributed by atoms with Crippen LogP contribution >= 0.6 is 11.8 Å². The molecule has 0 aliphatic rings. The number of nitrogens with one attached hydrogen (secondary N) is 1. The molecule has 0 rings (SSSR count). The van der Waals surface area contributed by atoms with Crippen molar-refractivity contribution < 1.29 is 0 Å². The fourth-order valence-electron chi connectivity index (χ4n) is 1.44. The van der Waals surface area contributed by atoms with Crippen LogP contribution in [-0.2, 0) is 0 Å². The second-order valence-corrected chi connectivity index (χ2v) is 6.45. The van der Waals surface area contributed by atoms with E-state index in [4.69, 9.17) is 0 Å². The van der Waals surface area contributed by atoms with Gasteiger partial charge in [0.05, 0.1) is 0 Å². The van der Waals surface area contributed by atoms with Crippen LogP contribution in [0.5, 0.6) is 0 Å². The van der Waals surface area contributed by atoms with Gasteiger partial charge in [-0.25, -0.2) is 0 Å². The Bertz CT molecular complexity index is 129. The van der Waals surface area contributed by atoms with Gasteiger partial charge < -0.3 is 5.32 Å². The minimum Gasteiger partial charge on any atom is -0.317 e. The summed E-state index contributed by atoms with van der Waals surface area (Å²) in [6, 6.07) is 0. The maximum absolute atomic E-state index is 3.53. The average molecular weight is 231 g/mol. The number of hydrogen-bond donors (Lipinski definition) is 1. The van der Waals surface area contributed by atoms with Crippen LogP contribution in [-0.4, -0.2) is 25.1 Å². The van der Waals surface area contributed by atoms with Crippen LogP contribution in [0.25, 0.3) is 0 Å². The lowest BCUT2D eigenvalue weighted by Gasteiger charge is -2.17. The molecule has 0 aromatic heterocycles. The predicted octanol–water partition coefficient (Wildman–Crippen LogP) is 3.94. The lowest BCUT2D eigenvalue weighted by molar-refractivity contribution is 0.366. The quantitative estimate of drug-likeness (QED) is 0.603. The third kappa shape index (κ3) is 14.3. The standard InChI is InChI=1S/C13H29NS/c1-13(2,3)9-11-14-10-7-5-6-8-12-15-4/h14H,5-12H2,1-4H3. The molecule has 1 nitrogen and oxygen atoms in total. The van der Waals surface area contributed by atoms with E-state index < -0.39 is 0 Å². The minimum absolute atomic E-state index is 0.478. The van der Waals surface area contributed by atoms with Crippen LogP contribution in [0.1, 0.15) is 52.9 Å². The molecule has 2 heteroatoms. The zero-order valence-corrected chi connectivity index (χ0v) is 11.9. The van der Waals surface area contributed by atoms with Gasteiger partial charge in [0.15, 0.2) is 0 Å². The maximum atomic E-state index is 3.53. The van der Waals surface area contributed by atoms with Crippen LogP contribution in [0.2, 0.25) is 0 Å². The van der Waals surface area contributed by atoms with Crippen molar-refractivity contribution >= 4 is 11.8 Å². The summed E-state index contributed by atoms with van der Waals surface area (Å²) in [5, 5.41) is 3.53. The number of hydrogen-bond acceptors (Lipinski definition) is 2. The second kappa shape index (κ2) is 9.53. The van der Waals surface area contributed by atoms with Crippen molar-refractivity contribution in [1.82, 2.24) is 5.32 Å². The van der Waals surface area contributed by atoms with E-state index >= 15 is 0 Å². The molecule has 0 bridgehead atoms. The maximum Gasteiger partial charge on any atom is -0.00439 e. The first-order chi connectivity index (χ1) is 7.06. The summed E-state index contributed by atoms with van der Waals surface area (Å²) in [4.78, 5) is 0. The zero-order chi connectivity index (χ0) is 11.6. The van der Waals surface area contributed by atoms with Gasteiger partial charge in [0.1, 0.15) is 0 Å². The SMILES string of the molecule is CSCCCCCCNCCC(C)(C)C. The summed E-state index contributed by atoms with van der Waals surface area (Å²) in [5.74, 6) is 1.33. The van der Waals surface area contributed by atoms with Crippen molar-refractivity contribution in [2.75, 3.05) is 25.1 Å². The Morgan fingerprint density at radius 3 is 2.20 bits per heavy atom. The molecule has 1 N–H and O–H groups in total. The fourth-order valence-corrected chi connectivity index (χ4v) is 1.93. The fraction of sp³-hybridized carbons (Fsp3) is 1.00. The first-order valence-corrected chi connectivity index (χ1v) is 7.65. The minimum atomic E-state index is 0.478. The van der Waals surface area contributed by atoms with E-state index in [1.54, 1.807) is 0 Å². The average Bonchev–Trinajstić information content (AvgIpc) is 2.14. The molecule has 0 amide bonds. The van der Waals surface area contributed by atoms with Gasteiger partial charge in [-0.3, -0.25) is 0 Å². The summed E-state index contributed by atoms with van der Waals surface area (Å²) < 4.78 is 0. The van der Waals surface area contributed by atoms with Crippen LogP contribution in [0, 0.1) is 5.41 Å². The highest BCUT2D eigenvalue weighted by molar-refractivity contribution is 7.98. The van der Waals surface area contributed by atoms with Gasteiger partial charge in [-0.05, 0) is 49.8 Å². The normalized spacial score (nSPS) is 12.0. The molecular weight excluding hydrogens is 202 g/mol. The van der Waals surface area contributed by atoms with Crippen molar-refractivity contribution in [3.63, 3.8) is 0 Å². The van der Waals surface area contributed by atoms with Gasteiger partial charge in [0.25, 0.3) is 0 Å². The highest BCUT2D eigenvalue weighted by Crippen LogP contribution is 2.16. The molecule has 92 valence electrons. The highest BCUT2D eigenvalue weighted by atomic mass is 32.2. The summed E-state index contributed by atoms with van der Waals surface area (Å²) >= 11 is 1.96. The van der Waals surface area contributed by atoms with Crippen LogP contribution < -0.4 is 5.32 Å². The monoisotopic (exact) mass is 231 g/mol. The smallest absolute Gasteiger partial charge is 0.00439 e. The Morgan fingerprint density at radius 1 is 0.933 bits per heavy atom. The Morgan fingerprint density at radius 2 is 1.60 bits per heavy atom. The zero-order valence-electron chi connectivity index (χ0n) is 11.1. The van der Waals surface area contributed by atoms with E-state index in [0.717, 1.165) is 0 Å². The van der Waals surface area contributed by atoms with Crippen molar-refractivity contribution in [2.45, 2.75) is 52.9 Å². The van der Waals surface area contributed by atoms with Crippen LogP contribution in [0.3, 0.4) is 0 Å². The second-order valence-electron chi connectivity index (χ2n) is 5.47. The first-order valence-electron chi connectivity index (χ1n) is 6.26. The van der Waals surface area contributed by atoms with Crippen molar-refractivity contribution in [3.05, 3.63) is 0 Å². The van der Waals surface area contributed by atoms with Gasteiger partial charge in [-0.1, -0.05) is 33.6 Å². The summed E-state index contributed by atoms with van der Waals surface area (Å²) in [6.45, 7) is 9.29. The van der Waals surface area contributed by atoms with Gasteiger partial charge in [0.2, 0.25) is 0 Å². The summed E-state index contributed by atoms with van der Waals surface area (Å²) in [5.41, 5.74) is 0.478. The first kappa shape index (κ1) is 15.3. The van der Waals surface area contributed by atoms with E-state index in [0.29, 0.717) is 5.41 Å². The van der Waals surface area contributed by atoms with E-state index in [9.17, 15) is 0 Å². The topological polar surface area (TPSA) is 12.0 Å². The molecule has 15 heavy (non-hydrogen) atoms. The predicted molar refractivity (Wildman–Crippen MR) is 73.8 cm³/mol. The molecule has 0 fully saturated rings. The molecule has 0 radical (unpaired) electrons. The molecule has 0 aliphatic heterocycles. The number of unbranched alkanes of at least 4 members (excludes halogenated alkanes) is 3. The molecule has 0 heterocycles. The third-order valence-electron chi connectivity index (χ3n) is 2.50. The van der Waals surface area contributed by atoms with Crippen molar-refractivity contribution in [3.8, 4) is 0 Å². The largest absolute Gasteiger partial charge is 0.317 e. The Balaban J connectivity index is 2.99. The van der Waals surface area contributed by atoms with Gasteiger partial charge >= 0.3 is 0 Å². The lowest BCUT2D eigenvalue weighted by Crippen LogP contribution is -2.21. The Kier molecular flexibility index (Phi) is 9.73. The molecule has 0 saturated heterocycles. The van der Waals surface area contributed by atoms with Crippen LogP contribution in [0.4, 0.5) is 0 Å². The number of thioether (sulfide) groups is 1. The third-order valence-corrected chi connectivity index (χ3v) is 3.20. The molecule has 0 spiro atoms. The van der Waals surface area contributed by atoms with Gasteiger partial charge in [-0.15, -0.1) is 0 Å². The van der Waals surface area contributed by atoms with E-state index in [2.05, 4.69) is 32.3 Å². The highest BCUT2D eigenvalue weighted by Gasteiger charge is 2.08. The Hall–Kier alpha value is 0.310. The van der Waals surface area contributed by atoms with Gasteiger partial charge in [0, 0.05) is 0 Å². The molecule has 0 saturated carbocycles.